The van der Waals surface area contributed by atoms with Crippen LogP contribution in [0.25, 0.3) is 0 Å². The molecule has 0 aromatic rings. The first-order valence-corrected chi connectivity index (χ1v) is 24.8. The van der Waals surface area contributed by atoms with Gasteiger partial charge in [0.05, 0.1) is 55.4 Å². The second-order valence-corrected chi connectivity index (χ2v) is 20.3. The topological polar surface area (TPSA) is 162 Å². The van der Waals surface area contributed by atoms with Crippen LogP contribution in [-0.4, -0.2) is 141 Å². The fraction of sp³-hybridized carbons (Fsp3) is 0.824. The van der Waals surface area contributed by atoms with Crippen molar-refractivity contribution >= 4 is 5.97 Å². The summed E-state index contributed by atoms with van der Waals surface area (Å²) in [5, 5.41) is 27.4. The van der Waals surface area contributed by atoms with E-state index in [-0.39, 0.29) is 55.2 Å². The molecule has 368 valence electrons. The molecule has 5 unspecified atom stereocenters. The Balaban J connectivity index is 1.15. The van der Waals surface area contributed by atoms with Crippen molar-refractivity contribution in [3.8, 4) is 0 Å². The monoisotopic (exact) mass is 916 g/mol. The Morgan fingerprint density at radius 3 is 2.38 bits per heavy atom. The van der Waals surface area contributed by atoms with E-state index in [9.17, 15) is 15.0 Å². The van der Waals surface area contributed by atoms with Crippen LogP contribution >= 0.6 is 0 Å². The number of esters is 1. The Bertz CT molecular complexity index is 1730. The number of ether oxygens (including phenoxy) is 10. The van der Waals surface area contributed by atoms with Gasteiger partial charge in [0.15, 0.2) is 18.4 Å². The molecule has 5 fully saturated rings. The van der Waals surface area contributed by atoms with E-state index in [0.29, 0.717) is 61.5 Å². The summed E-state index contributed by atoms with van der Waals surface area (Å²) in [5.41, 5.74) is 0.237. The van der Waals surface area contributed by atoms with Gasteiger partial charge >= 0.3 is 5.97 Å². The average Bonchev–Trinajstić information content (AvgIpc) is 3.62. The van der Waals surface area contributed by atoms with Gasteiger partial charge in [-0.2, -0.15) is 0 Å². The van der Waals surface area contributed by atoms with Crippen molar-refractivity contribution in [2.75, 3.05) is 27.4 Å². The molecular formula is C51H81NO13. The maximum atomic E-state index is 14.4. The lowest BCUT2D eigenvalue weighted by atomic mass is 9.71. The van der Waals surface area contributed by atoms with Crippen molar-refractivity contribution in [1.82, 2.24) is 5.32 Å². The number of fused-ring (bicyclic) bond motifs is 2. The summed E-state index contributed by atoms with van der Waals surface area (Å²) in [6, 6.07) is 0.0656. The number of hydrogen-bond acceptors (Lipinski definition) is 14. The largest absolute Gasteiger partial charge is 0.462 e. The van der Waals surface area contributed by atoms with Crippen LogP contribution in [0.1, 0.15) is 120 Å². The fourth-order valence-electron chi connectivity index (χ4n) is 11.6. The highest BCUT2D eigenvalue weighted by atomic mass is 16.7. The molecule has 14 nitrogen and oxygen atoms in total. The molecule has 3 N–H and O–H groups in total. The third-order valence-corrected chi connectivity index (χ3v) is 15.6. The van der Waals surface area contributed by atoms with E-state index in [1.807, 2.05) is 19.1 Å². The summed E-state index contributed by atoms with van der Waals surface area (Å²) in [6.45, 7) is 19.7. The van der Waals surface area contributed by atoms with E-state index in [0.717, 1.165) is 31.4 Å². The van der Waals surface area contributed by atoms with E-state index in [1.54, 1.807) is 33.3 Å². The predicted octanol–water partition coefficient (Wildman–Crippen LogP) is 6.61. The lowest BCUT2D eigenvalue weighted by Gasteiger charge is -2.51. The molecule has 20 atom stereocenters. The summed E-state index contributed by atoms with van der Waals surface area (Å²) in [4.78, 5) is 14.4. The molecule has 7 aliphatic rings. The second kappa shape index (κ2) is 21.7. The Kier molecular flexibility index (Phi) is 17.0. The molecule has 0 amide bonds. The molecule has 14 heteroatoms. The van der Waals surface area contributed by atoms with Crippen molar-refractivity contribution in [1.29, 1.82) is 0 Å². The van der Waals surface area contributed by atoms with Gasteiger partial charge in [0.1, 0.15) is 35.9 Å². The van der Waals surface area contributed by atoms with E-state index in [2.05, 4.69) is 59.9 Å². The second-order valence-electron chi connectivity index (χ2n) is 20.3. The van der Waals surface area contributed by atoms with E-state index in [1.165, 1.54) is 0 Å². The first-order chi connectivity index (χ1) is 31.0. The number of carbonyl (C=O) groups is 1. The number of hydrogen-bond donors (Lipinski definition) is 3. The SMILES string of the molecule is CCCN[C@@H]1[C@H](C)O[C@@H](O[C@H]2[C@H](C)O[C@@H](O[C@@H]3/C(C)=C/CC4CC(CC5(CC[C@H](C)[C@@H](C(C)CC)O5)O4)OC(=O)[C@@H]4C=C(C)[C@@H](O)C5OC/C(=C\C=C\[C@@H]3C)[C@]54O)C[C@@H]2OC)C[C@@H]1OC. The zero-order chi connectivity index (χ0) is 46.8. The van der Waals surface area contributed by atoms with Crippen LogP contribution in [0.5, 0.6) is 0 Å². The highest BCUT2D eigenvalue weighted by molar-refractivity contribution is 5.78. The van der Waals surface area contributed by atoms with Crippen molar-refractivity contribution in [2.45, 2.75) is 217 Å². The van der Waals surface area contributed by atoms with Crippen molar-refractivity contribution in [3.63, 3.8) is 0 Å². The van der Waals surface area contributed by atoms with Gasteiger partial charge in [-0.3, -0.25) is 4.79 Å². The third kappa shape index (κ3) is 10.9. The van der Waals surface area contributed by atoms with Crippen LogP contribution in [0.3, 0.4) is 0 Å². The number of aliphatic hydroxyl groups excluding tert-OH is 1. The molecule has 7 rings (SSSR count). The highest BCUT2D eigenvalue weighted by Crippen LogP contribution is 2.48. The zero-order valence-electron chi connectivity index (χ0n) is 40.9. The van der Waals surface area contributed by atoms with Gasteiger partial charge in [-0.25, -0.2) is 0 Å². The first-order valence-electron chi connectivity index (χ1n) is 24.8. The van der Waals surface area contributed by atoms with Gasteiger partial charge in [-0.15, -0.1) is 0 Å². The fourth-order valence-corrected chi connectivity index (χ4v) is 11.6. The van der Waals surface area contributed by atoms with E-state index >= 15 is 0 Å². The predicted molar refractivity (Wildman–Crippen MR) is 243 cm³/mol. The summed E-state index contributed by atoms with van der Waals surface area (Å²) >= 11 is 0. The quantitative estimate of drug-likeness (QED) is 0.150. The smallest absolute Gasteiger partial charge is 0.316 e. The molecule has 0 aromatic carbocycles. The molecular weight excluding hydrogens is 835 g/mol. The molecule has 1 spiro atoms. The average molecular weight is 916 g/mol. The molecule has 0 aromatic heterocycles. The van der Waals surface area contributed by atoms with Crippen LogP contribution in [0, 0.1) is 23.7 Å². The molecule has 65 heavy (non-hydrogen) atoms. The number of rotatable bonds is 11. The number of methoxy groups -OCH3 is 2. The molecule has 2 bridgehead atoms. The molecule has 6 aliphatic heterocycles. The molecule has 1 aliphatic carbocycles. The standard InChI is InChI=1S/C51H81NO13/c1-12-21-52-43-33(8)59-41(24-39(43)56-10)63-47-34(9)60-42(25-40(47)57-11)62-45-29(4)15-14-16-35-27-58-48-44(53)32(7)22-38(51(35,48)55)49(54)61-37-23-36(18-17-30(45)5)64-50(26-37)20-19-31(6)46(65-50)28(3)13-2/h14-17,22,28-29,31,33-34,36-48,52-53,55H,12-13,18-21,23-27H2,1-11H3/b15-14+,30-17+,35-16+/t28?,29-,31-,33-,34-,36?,37?,38-,39-,40-,41-,42-,43+,44+,45-,46+,47-,48?,50?,51+/m0/s1. The Morgan fingerprint density at radius 2 is 1.66 bits per heavy atom. The van der Waals surface area contributed by atoms with Crippen molar-refractivity contribution < 1.29 is 62.4 Å². The van der Waals surface area contributed by atoms with Gasteiger partial charge < -0.3 is 62.9 Å². The number of aliphatic hydroxyl groups is 2. The lowest BCUT2D eigenvalue weighted by Crippen LogP contribution is -2.58. The van der Waals surface area contributed by atoms with Gasteiger partial charge in [0, 0.05) is 52.2 Å². The van der Waals surface area contributed by atoms with E-state index < -0.39 is 66.4 Å². The Labute approximate surface area is 388 Å². The summed E-state index contributed by atoms with van der Waals surface area (Å²) in [5.74, 6) is -2.04. The van der Waals surface area contributed by atoms with Crippen LogP contribution < -0.4 is 5.32 Å². The third-order valence-electron chi connectivity index (χ3n) is 15.6. The van der Waals surface area contributed by atoms with Crippen molar-refractivity contribution in [3.05, 3.63) is 47.1 Å². The normalized spacial score (nSPS) is 47.7. The van der Waals surface area contributed by atoms with Crippen LogP contribution in [-0.2, 0) is 52.2 Å². The van der Waals surface area contributed by atoms with Crippen LogP contribution in [0.4, 0.5) is 0 Å². The molecule has 6 heterocycles. The van der Waals surface area contributed by atoms with Crippen molar-refractivity contribution in [2.24, 2.45) is 23.7 Å². The maximum Gasteiger partial charge on any atom is 0.316 e. The van der Waals surface area contributed by atoms with Gasteiger partial charge in [-0.05, 0) is 82.1 Å². The molecule has 0 saturated carbocycles. The Hall–Kier alpha value is -2.05. The highest BCUT2D eigenvalue weighted by Gasteiger charge is 2.60. The molecule has 5 saturated heterocycles. The molecule has 0 radical (unpaired) electrons. The van der Waals surface area contributed by atoms with E-state index in [4.69, 9.17) is 47.4 Å². The first kappa shape index (κ1) is 50.8. The van der Waals surface area contributed by atoms with Crippen LogP contribution in [0.15, 0.2) is 47.1 Å². The van der Waals surface area contributed by atoms with Gasteiger partial charge in [0.2, 0.25) is 0 Å². The lowest BCUT2D eigenvalue weighted by molar-refractivity contribution is -0.340. The minimum atomic E-state index is -1.81. The zero-order valence-corrected chi connectivity index (χ0v) is 40.9. The van der Waals surface area contributed by atoms with Crippen LogP contribution in [0.2, 0.25) is 0 Å². The van der Waals surface area contributed by atoms with Gasteiger partial charge in [-0.1, -0.05) is 71.4 Å². The number of nitrogens with one attached hydrogen (secondary N) is 1. The minimum absolute atomic E-state index is 0.000310. The number of allylic oxidation sites excluding steroid dienone is 2. The minimum Gasteiger partial charge on any atom is -0.462 e. The number of carbonyl (C=O) groups excluding carboxylic acids is 1. The summed E-state index contributed by atoms with van der Waals surface area (Å²) in [6.07, 6.45) is 9.77. The Morgan fingerprint density at radius 1 is 0.938 bits per heavy atom. The maximum absolute atomic E-state index is 14.4. The summed E-state index contributed by atoms with van der Waals surface area (Å²) < 4.78 is 65.2. The van der Waals surface area contributed by atoms with Gasteiger partial charge in [0.25, 0.3) is 0 Å². The summed E-state index contributed by atoms with van der Waals surface area (Å²) in [7, 11) is 3.43.